The summed E-state index contributed by atoms with van der Waals surface area (Å²) in [6.07, 6.45) is 0.337. The van der Waals surface area contributed by atoms with Crippen molar-refractivity contribution < 1.29 is 4.79 Å². The monoisotopic (exact) mass is 261 g/mol. The molecule has 1 amide bonds. The first-order valence-electron chi connectivity index (χ1n) is 6.66. The Bertz CT molecular complexity index is 422. The summed E-state index contributed by atoms with van der Waals surface area (Å²) in [7, 11) is 3.83. The lowest BCUT2D eigenvalue weighted by molar-refractivity contribution is -0.129. The highest BCUT2D eigenvalue weighted by molar-refractivity contribution is 6.00. The fraction of sp³-hybridized carbons (Fsp3) is 0.467. The molecule has 1 aromatic carbocycles. The van der Waals surface area contributed by atoms with Crippen LogP contribution in [0.2, 0.25) is 0 Å². The van der Waals surface area contributed by atoms with E-state index in [-0.39, 0.29) is 5.91 Å². The summed E-state index contributed by atoms with van der Waals surface area (Å²) in [5.41, 5.74) is 0.874. The standard InChI is InChI=1S/C15H23N3O/c1-5-18(6-2)15(19)12-14(17(3)4)16-13-10-8-7-9-11-13/h7-11H,5-6,12H2,1-4H3. The van der Waals surface area contributed by atoms with Crippen molar-refractivity contribution in [3.63, 3.8) is 0 Å². The molecule has 0 aliphatic carbocycles. The van der Waals surface area contributed by atoms with Gasteiger partial charge in [-0.1, -0.05) is 18.2 Å². The molecule has 4 heteroatoms. The van der Waals surface area contributed by atoms with Crippen LogP contribution < -0.4 is 0 Å². The van der Waals surface area contributed by atoms with Gasteiger partial charge < -0.3 is 9.80 Å². The molecule has 0 heterocycles. The lowest BCUT2D eigenvalue weighted by Crippen LogP contribution is -2.35. The van der Waals surface area contributed by atoms with E-state index in [1.807, 2.05) is 68.1 Å². The minimum Gasteiger partial charge on any atom is -0.366 e. The number of carbonyl (C=O) groups excluding carboxylic acids is 1. The SMILES string of the molecule is CCN(CC)C(=O)CC(=Nc1ccccc1)N(C)C. The van der Waals surface area contributed by atoms with Crippen LogP contribution in [0, 0.1) is 0 Å². The molecule has 1 aromatic rings. The highest BCUT2D eigenvalue weighted by Gasteiger charge is 2.14. The number of hydrogen-bond donors (Lipinski definition) is 0. The Morgan fingerprint density at radius 1 is 1.11 bits per heavy atom. The Balaban J connectivity index is 2.85. The minimum absolute atomic E-state index is 0.119. The summed E-state index contributed by atoms with van der Waals surface area (Å²) in [5.74, 6) is 0.900. The summed E-state index contributed by atoms with van der Waals surface area (Å²) >= 11 is 0. The fourth-order valence-corrected chi connectivity index (χ4v) is 1.77. The molecule has 0 aliphatic rings. The van der Waals surface area contributed by atoms with Crippen LogP contribution in [0.15, 0.2) is 35.3 Å². The summed E-state index contributed by atoms with van der Waals surface area (Å²) in [6.45, 7) is 5.46. The van der Waals surface area contributed by atoms with E-state index >= 15 is 0 Å². The number of benzene rings is 1. The first-order chi connectivity index (χ1) is 9.08. The van der Waals surface area contributed by atoms with Crippen molar-refractivity contribution in [2.45, 2.75) is 20.3 Å². The molecular weight excluding hydrogens is 238 g/mol. The first kappa shape index (κ1) is 15.2. The second-order valence-electron chi connectivity index (χ2n) is 4.50. The summed E-state index contributed by atoms with van der Waals surface area (Å²) in [4.78, 5) is 20.4. The zero-order valence-electron chi connectivity index (χ0n) is 12.3. The van der Waals surface area contributed by atoms with Crippen LogP contribution in [-0.4, -0.2) is 48.7 Å². The number of para-hydroxylation sites is 1. The average Bonchev–Trinajstić information content (AvgIpc) is 2.40. The van der Waals surface area contributed by atoms with Gasteiger partial charge in [-0.25, -0.2) is 4.99 Å². The molecule has 0 atom stereocenters. The zero-order chi connectivity index (χ0) is 14.3. The Morgan fingerprint density at radius 3 is 2.16 bits per heavy atom. The van der Waals surface area contributed by atoms with Crippen LogP contribution in [-0.2, 0) is 4.79 Å². The second kappa shape index (κ2) is 7.56. The van der Waals surface area contributed by atoms with Gasteiger partial charge in [-0.05, 0) is 26.0 Å². The van der Waals surface area contributed by atoms with E-state index in [1.165, 1.54) is 0 Å². The van der Waals surface area contributed by atoms with Gasteiger partial charge in [0.05, 0.1) is 12.1 Å². The molecule has 0 aromatic heterocycles. The number of carbonyl (C=O) groups is 1. The van der Waals surface area contributed by atoms with Crippen molar-refractivity contribution in [2.75, 3.05) is 27.2 Å². The van der Waals surface area contributed by atoms with E-state index in [4.69, 9.17) is 0 Å². The molecule has 0 saturated heterocycles. The van der Waals surface area contributed by atoms with Crippen molar-refractivity contribution in [3.8, 4) is 0 Å². The maximum atomic E-state index is 12.1. The van der Waals surface area contributed by atoms with Crippen molar-refractivity contribution in [1.82, 2.24) is 9.80 Å². The van der Waals surface area contributed by atoms with Crippen LogP contribution in [0.25, 0.3) is 0 Å². The van der Waals surface area contributed by atoms with Crippen LogP contribution >= 0.6 is 0 Å². The third-order valence-corrected chi connectivity index (χ3v) is 2.96. The number of hydrogen-bond acceptors (Lipinski definition) is 2. The van der Waals surface area contributed by atoms with E-state index in [0.717, 1.165) is 24.6 Å². The number of amidine groups is 1. The molecule has 0 N–H and O–H groups in total. The number of nitrogens with zero attached hydrogens (tertiary/aromatic N) is 3. The lowest BCUT2D eigenvalue weighted by atomic mass is 10.3. The Labute approximate surface area is 115 Å². The van der Waals surface area contributed by atoms with Crippen LogP contribution in [0.5, 0.6) is 0 Å². The smallest absolute Gasteiger partial charge is 0.230 e. The van der Waals surface area contributed by atoms with Gasteiger partial charge in [0.1, 0.15) is 5.84 Å². The van der Waals surface area contributed by atoms with Gasteiger partial charge in [-0.15, -0.1) is 0 Å². The fourth-order valence-electron chi connectivity index (χ4n) is 1.77. The number of amides is 1. The number of rotatable bonds is 5. The Kier molecular flexibility index (Phi) is 6.06. The van der Waals surface area contributed by atoms with Crippen LogP contribution in [0.4, 0.5) is 5.69 Å². The van der Waals surface area contributed by atoms with Crippen molar-refractivity contribution in [1.29, 1.82) is 0 Å². The topological polar surface area (TPSA) is 35.9 Å². The van der Waals surface area contributed by atoms with Crippen molar-refractivity contribution >= 4 is 17.4 Å². The molecule has 0 aliphatic heterocycles. The highest BCUT2D eigenvalue weighted by Crippen LogP contribution is 2.12. The normalized spacial score (nSPS) is 11.3. The molecule has 104 valence electrons. The predicted molar refractivity (Wildman–Crippen MR) is 79.8 cm³/mol. The van der Waals surface area contributed by atoms with Gasteiger partial charge in [0.25, 0.3) is 0 Å². The van der Waals surface area contributed by atoms with E-state index in [2.05, 4.69) is 4.99 Å². The largest absolute Gasteiger partial charge is 0.366 e. The third kappa shape index (κ3) is 4.73. The molecule has 0 spiro atoms. The average molecular weight is 261 g/mol. The first-order valence-corrected chi connectivity index (χ1v) is 6.66. The molecule has 0 radical (unpaired) electrons. The van der Waals surface area contributed by atoms with Crippen LogP contribution in [0.3, 0.4) is 0 Å². The quantitative estimate of drug-likeness (QED) is 0.603. The van der Waals surface area contributed by atoms with Gasteiger partial charge in [-0.2, -0.15) is 0 Å². The van der Waals surface area contributed by atoms with E-state index in [0.29, 0.717) is 6.42 Å². The lowest BCUT2D eigenvalue weighted by Gasteiger charge is -2.21. The Hall–Kier alpha value is -1.84. The van der Waals surface area contributed by atoms with Gasteiger partial charge in [0, 0.05) is 27.2 Å². The third-order valence-electron chi connectivity index (χ3n) is 2.96. The highest BCUT2D eigenvalue weighted by atomic mass is 16.2. The molecule has 0 bridgehead atoms. The maximum Gasteiger partial charge on any atom is 0.230 e. The van der Waals surface area contributed by atoms with Gasteiger partial charge >= 0.3 is 0 Å². The van der Waals surface area contributed by atoms with E-state index < -0.39 is 0 Å². The maximum absolute atomic E-state index is 12.1. The van der Waals surface area contributed by atoms with Gasteiger partial charge in [0.15, 0.2) is 0 Å². The number of aliphatic imine (C=N–C) groups is 1. The van der Waals surface area contributed by atoms with Crippen LogP contribution in [0.1, 0.15) is 20.3 Å². The van der Waals surface area contributed by atoms with E-state index in [1.54, 1.807) is 0 Å². The summed E-state index contributed by atoms with van der Waals surface area (Å²) in [5, 5.41) is 0. The Morgan fingerprint density at radius 2 is 1.68 bits per heavy atom. The van der Waals surface area contributed by atoms with Gasteiger partial charge in [-0.3, -0.25) is 4.79 Å². The minimum atomic E-state index is 0.119. The molecule has 4 nitrogen and oxygen atoms in total. The predicted octanol–water partition coefficient (Wildman–Crippen LogP) is 2.54. The second-order valence-corrected chi connectivity index (χ2v) is 4.50. The molecule has 19 heavy (non-hydrogen) atoms. The van der Waals surface area contributed by atoms with E-state index in [9.17, 15) is 4.79 Å². The zero-order valence-corrected chi connectivity index (χ0v) is 12.3. The van der Waals surface area contributed by atoms with Crippen molar-refractivity contribution in [2.24, 2.45) is 4.99 Å². The molecule has 0 unspecified atom stereocenters. The summed E-state index contributed by atoms with van der Waals surface area (Å²) < 4.78 is 0. The van der Waals surface area contributed by atoms with Gasteiger partial charge in [0.2, 0.25) is 5.91 Å². The van der Waals surface area contributed by atoms with Crippen molar-refractivity contribution in [3.05, 3.63) is 30.3 Å². The molecular formula is C15H23N3O. The molecule has 0 fully saturated rings. The molecule has 0 saturated carbocycles. The molecule has 1 rings (SSSR count). The summed E-state index contributed by atoms with van der Waals surface area (Å²) in [6, 6.07) is 9.71.